The summed E-state index contributed by atoms with van der Waals surface area (Å²) in [5.74, 6) is 1.87. The third-order valence-corrected chi connectivity index (χ3v) is 6.95. The van der Waals surface area contributed by atoms with Crippen molar-refractivity contribution >= 4 is 35.6 Å². The fourth-order valence-electron chi connectivity index (χ4n) is 5.12. The zero-order valence-electron chi connectivity index (χ0n) is 19.1. The molecule has 2 fully saturated rings. The summed E-state index contributed by atoms with van der Waals surface area (Å²) in [6.07, 6.45) is 14.1. The van der Waals surface area contributed by atoms with Crippen molar-refractivity contribution < 1.29 is 0 Å². The number of piperidine rings is 1. The van der Waals surface area contributed by atoms with Gasteiger partial charge in [-0.3, -0.25) is 4.99 Å². The van der Waals surface area contributed by atoms with Crippen LogP contribution in [-0.2, 0) is 6.54 Å². The molecule has 6 heteroatoms. The molecule has 0 bridgehead atoms. The smallest absolute Gasteiger partial charge is 0.191 e. The molecule has 4 rings (SSSR count). The molecule has 1 saturated heterocycles. The Morgan fingerprint density at radius 3 is 2.48 bits per heavy atom. The van der Waals surface area contributed by atoms with Crippen molar-refractivity contribution in [1.82, 2.24) is 15.5 Å². The van der Waals surface area contributed by atoms with Gasteiger partial charge in [0.25, 0.3) is 0 Å². The van der Waals surface area contributed by atoms with Crippen molar-refractivity contribution in [3.63, 3.8) is 0 Å². The van der Waals surface area contributed by atoms with Crippen LogP contribution in [0.1, 0.15) is 50.5 Å². The maximum Gasteiger partial charge on any atom is 0.191 e. The topological polar surface area (TPSA) is 42.9 Å². The SMILES string of the molecule is CN=C(NCc1cccc(N2CC=CC2)c1)NC1CCN(CC2CCCCC2)CC1.I. The number of likely N-dealkylation sites (tertiary alicyclic amines) is 1. The Morgan fingerprint density at radius 2 is 1.77 bits per heavy atom. The highest BCUT2D eigenvalue weighted by molar-refractivity contribution is 14.0. The van der Waals surface area contributed by atoms with Crippen LogP contribution in [0, 0.1) is 5.92 Å². The van der Waals surface area contributed by atoms with Gasteiger partial charge in [0.15, 0.2) is 5.96 Å². The predicted molar refractivity (Wildman–Crippen MR) is 143 cm³/mol. The van der Waals surface area contributed by atoms with E-state index in [0.717, 1.165) is 31.5 Å². The first-order valence-electron chi connectivity index (χ1n) is 12.0. The molecule has 172 valence electrons. The van der Waals surface area contributed by atoms with E-state index in [9.17, 15) is 0 Å². The van der Waals surface area contributed by atoms with Crippen molar-refractivity contribution in [2.75, 3.05) is 44.7 Å². The van der Waals surface area contributed by atoms with Gasteiger partial charge in [-0.15, -0.1) is 24.0 Å². The van der Waals surface area contributed by atoms with Gasteiger partial charge in [0.1, 0.15) is 0 Å². The molecule has 0 aromatic heterocycles. The van der Waals surface area contributed by atoms with Crippen LogP contribution in [0.15, 0.2) is 41.4 Å². The lowest BCUT2D eigenvalue weighted by molar-refractivity contribution is 0.160. The van der Waals surface area contributed by atoms with E-state index >= 15 is 0 Å². The van der Waals surface area contributed by atoms with E-state index in [0.29, 0.717) is 6.04 Å². The van der Waals surface area contributed by atoms with Gasteiger partial charge in [0, 0.05) is 58.0 Å². The maximum atomic E-state index is 4.47. The Bertz CT molecular complexity index is 712. The normalized spacial score (nSPS) is 21.2. The molecule has 1 aliphatic carbocycles. The van der Waals surface area contributed by atoms with E-state index in [4.69, 9.17) is 0 Å². The highest BCUT2D eigenvalue weighted by Gasteiger charge is 2.23. The lowest BCUT2D eigenvalue weighted by atomic mass is 9.88. The second kappa shape index (κ2) is 12.7. The standard InChI is InChI=1S/C25H39N5.HI/c1-26-25(27-19-22-10-7-11-24(18-22)30-14-5-6-15-30)28-23-12-16-29(17-13-23)20-21-8-3-2-4-9-21;/h5-7,10-11,18,21,23H,2-4,8-9,12-17,19-20H2,1H3,(H2,26,27,28);1H. The Balaban J connectivity index is 0.00000272. The minimum atomic E-state index is 0. The van der Waals surface area contributed by atoms with Crippen LogP contribution in [0.5, 0.6) is 0 Å². The van der Waals surface area contributed by atoms with Gasteiger partial charge in [0.05, 0.1) is 0 Å². The number of guanidine groups is 1. The highest BCUT2D eigenvalue weighted by Crippen LogP contribution is 2.25. The number of hydrogen-bond donors (Lipinski definition) is 2. The molecule has 1 aromatic carbocycles. The van der Waals surface area contributed by atoms with Crippen LogP contribution >= 0.6 is 24.0 Å². The second-order valence-corrected chi connectivity index (χ2v) is 9.20. The molecule has 0 atom stereocenters. The summed E-state index contributed by atoms with van der Waals surface area (Å²) in [6, 6.07) is 9.36. The van der Waals surface area contributed by atoms with Crippen molar-refractivity contribution in [2.45, 2.75) is 57.5 Å². The van der Waals surface area contributed by atoms with Gasteiger partial charge in [0.2, 0.25) is 0 Å². The number of nitrogens with zero attached hydrogens (tertiary/aromatic N) is 3. The first-order chi connectivity index (χ1) is 14.8. The maximum absolute atomic E-state index is 4.47. The molecule has 5 nitrogen and oxygen atoms in total. The fraction of sp³-hybridized carbons (Fsp3) is 0.640. The van der Waals surface area contributed by atoms with Gasteiger partial charge in [-0.25, -0.2) is 0 Å². The molecule has 2 N–H and O–H groups in total. The molecule has 31 heavy (non-hydrogen) atoms. The fourth-order valence-corrected chi connectivity index (χ4v) is 5.12. The number of nitrogens with one attached hydrogen (secondary N) is 2. The van der Waals surface area contributed by atoms with Crippen molar-refractivity contribution in [2.24, 2.45) is 10.9 Å². The van der Waals surface area contributed by atoms with Gasteiger partial charge >= 0.3 is 0 Å². The number of rotatable bonds is 6. The van der Waals surface area contributed by atoms with Crippen LogP contribution in [0.4, 0.5) is 5.69 Å². The van der Waals surface area contributed by atoms with Gasteiger partial charge in [-0.1, -0.05) is 43.5 Å². The zero-order valence-corrected chi connectivity index (χ0v) is 21.4. The average molecular weight is 538 g/mol. The first-order valence-corrected chi connectivity index (χ1v) is 12.0. The number of aliphatic imine (C=N–C) groups is 1. The van der Waals surface area contributed by atoms with E-state index in [1.54, 1.807) is 0 Å². The molecule has 1 saturated carbocycles. The van der Waals surface area contributed by atoms with Crippen LogP contribution in [0.2, 0.25) is 0 Å². The lowest BCUT2D eigenvalue weighted by Gasteiger charge is -2.36. The summed E-state index contributed by atoms with van der Waals surface area (Å²) in [7, 11) is 1.87. The monoisotopic (exact) mass is 537 g/mol. The molecular weight excluding hydrogens is 497 g/mol. The summed E-state index contributed by atoms with van der Waals surface area (Å²) in [5, 5.41) is 7.18. The Kier molecular flexibility index (Phi) is 9.96. The van der Waals surface area contributed by atoms with Crippen molar-refractivity contribution in [3.8, 4) is 0 Å². The van der Waals surface area contributed by atoms with E-state index in [1.165, 1.54) is 75.8 Å². The van der Waals surface area contributed by atoms with Gasteiger partial charge in [-0.05, 0) is 49.3 Å². The minimum Gasteiger partial charge on any atom is -0.364 e. The molecule has 0 unspecified atom stereocenters. The molecule has 0 spiro atoms. The van der Waals surface area contributed by atoms with Crippen LogP contribution in [0.3, 0.4) is 0 Å². The molecule has 2 aliphatic heterocycles. The number of anilines is 1. The summed E-state index contributed by atoms with van der Waals surface area (Å²) in [4.78, 5) is 9.55. The molecule has 2 heterocycles. The summed E-state index contributed by atoms with van der Waals surface area (Å²) in [5.41, 5.74) is 2.59. The molecule has 0 amide bonds. The average Bonchev–Trinajstić information content (AvgIpc) is 3.34. The first kappa shape index (κ1) is 24.4. The van der Waals surface area contributed by atoms with E-state index in [1.807, 2.05) is 7.05 Å². The number of hydrogen-bond acceptors (Lipinski definition) is 3. The van der Waals surface area contributed by atoms with E-state index < -0.39 is 0 Å². The van der Waals surface area contributed by atoms with Crippen LogP contribution in [0.25, 0.3) is 0 Å². The third kappa shape index (κ3) is 7.38. The molecule has 3 aliphatic rings. The zero-order chi connectivity index (χ0) is 20.6. The highest BCUT2D eigenvalue weighted by atomic mass is 127. The third-order valence-electron chi connectivity index (χ3n) is 6.95. The molecular formula is C25H40IN5. The Labute approximate surface area is 205 Å². The van der Waals surface area contributed by atoms with Crippen LogP contribution < -0.4 is 15.5 Å². The number of halogens is 1. The van der Waals surface area contributed by atoms with E-state index in [-0.39, 0.29) is 24.0 Å². The largest absolute Gasteiger partial charge is 0.364 e. The molecule has 1 aromatic rings. The second-order valence-electron chi connectivity index (χ2n) is 9.20. The van der Waals surface area contributed by atoms with Crippen LogP contribution in [-0.4, -0.2) is 56.7 Å². The van der Waals surface area contributed by atoms with Crippen molar-refractivity contribution in [3.05, 3.63) is 42.0 Å². The lowest BCUT2D eigenvalue weighted by Crippen LogP contribution is -2.49. The summed E-state index contributed by atoms with van der Waals surface area (Å²) in [6.45, 7) is 6.59. The van der Waals surface area contributed by atoms with Gasteiger partial charge in [-0.2, -0.15) is 0 Å². The van der Waals surface area contributed by atoms with Gasteiger partial charge < -0.3 is 20.4 Å². The van der Waals surface area contributed by atoms with E-state index in [2.05, 4.69) is 61.8 Å². The minimum absolute atomic E-state index is 0. The quantitative estimate of drug-likeness (QED) is 0.245. The summed E-state index contributed by atoms with van der Waals surface area (Å²) < 4.78 is 0. The summed E-state index contributed by atoms with van der Waals surface area (Å²) >= 11 is 0. The Morgan fingerprint density at radius 1 is 1.03 bits per heavy atom. The number of benzene rings is 1. The predicted octanol–water partition coefficient (Wildman–Crippen LogP) is 4.39. The molecule has 0 radical (unpaired) electrons. The Hall–Kier alpha value is -1.28. The van der Waals surface area contributed by atoms with Crippen molar-refractivity contribution in [1.29, 1.82) is 0 Å².